The second-order valence-electron chi connectivity index (χ2n) is 1.36. The average Bonchev–Trinajstić information content (AvgIpc) is 1.94. The number of alkyl halides is 1. The lowest BCUT2D eigenvalue weighted by Gasteiger charge is -1.80. The van der Waals surface area contributed by atoms with E-state index in [1.165, 1.54) is 0 Å². The van der Waals surface area contributed by atoms with Crippen molar-refractivity contribution in [3.05, 3.63) is 11.8 Å². The summed E-state index contributed by atoms with van der Waals surface area (Å²) in [7, 11) is 0. The summed E-state index contributed by atoms with van der Waals surface area (Å²) in [4.78, 5) is 0. The summed E-state index contributed by atoms with van der Waals surface area (Å²) in [5, 5.41) is 0. The molecule has 0 bridgehead atoms. The topological polar surface area (TPSA) is 26.0 Å². The summed E-state index contributed by atoms with van der Waals surface area (Å²) in [6.45, 7) is 0. The van der Waals surface area contributed by atoms with Crippen LogP contribution in [0.2, 0.25) is 0 Å². The maximum absolute atomic E-state index is 5.47. The van der Waals surface area contributed by atoms with Crippen molar-refractivity contribution in [1.82, 2.24) is 0 Å². The Balaban J connectivity index is 2.79. The van der Waals surface area contributed by atoms with E-state index in [1.807, 2.05) is 0 Å². The summed E-state index contributed by atoms with van der Waals surface area (Å²) < 4.78 is 3.14. The normalized spacial score (nSPS) is 16.8. The minimum Gasteiger partial charge on any atom is -0.398 e. The third kappa shape index (κ3) is 1.66. The molecule has 8 heavy (non-hydrogen) atoms. The van der Waals surface area contributed by atoms with Gasteiger partial charge < -0.3 is 5.73 Å². The maximum atomic E-state index is 5.47. The summed E-state index contributed by atoms with van der Waals surface area (Å²) in [5.74, 6) is 5.85. The molecule has 0 aromatic rings. The first kappa shape index (κ1) is 5.83. The Bertz CT molecular complexity index is 192. The smallest absolute Gasteiger partial charge is 0.0566 e. The van der Waals surface area contributed by atoms with Crippen LogP contribution < -0.4 is 5.73 Å². The molecule has 1 heterocycles. The van der Waals surface area contributed by atoms with Crippen LogP contribution in [0.4, 0.5) is 0 Å². The van der Waals surface area contributed by atoms with Gasteiger partial charge in [0.2, 0.25) is 0 Å². The number of rotatable bonds is 0. The minimum atomic E-state index is 0.155. The molecule has 0 radical (unpaired) electrons. The highest BCUT2D eigenvalue weighted by Gasteiger charge is 1.80. The first-order valence-corrected chi connectivity index (χ1v) is 5.01. The third-order valence-electron chi connectivity index (χ3n) is 0.688. The van der Waals surface area contributed by atoms with Crippen molar-refractivity contribution in [3.8, 4) is 11.8 Å². The molecule has 1 nitrogen and oxygen atoms in total. The fourth-order valence-corrected chi connectivity index (χ4v) is 1.72. The number of allylic oxidation sites excluding steroid dienone is 2. The van der Waals surface area contributed by atoms with Gasteiger partial charge in [0.15, 0.2) is 0 Å². The van der Waals surface area contributed by atoms with Crippen molar-refractivity contribution in [2.45, 2.75) is 0 Å². The van der Waals surface area contributed by atoms with Crippen molar-refractivity contribution >= 4 is 24.7 Å². The molecule has 0 fully saturated rings. The Morgan fingerprint density at radius 2 is 2.62 bits per heavy atom. The van der Waals surface area contributed by atoms with Crippen LogP contribution in [0.3, 0.4) is 0 Å². The van der Waals surface area contributed by atoms with Gasteiger partial charge in [-0.25, -0.2) is 0 Å². The fourth-order valence-electron chi connectivity index (χ4n) is 0.371. The molecule has 2 heteroatoms. The fraction of sp³-hybridized carbons (Fsp3) is 0.167. The summed E-state index contributed by atoms with van der Waals surface area (Å²) >= 11 is 0.155. The van der Waals surface area contributed by atoms with E-state index in [0.717, 1.165) is 10.1 Å². The third-order valence-corrected chi connectivity index (χ3v) is 2.67. The predicted molar refractivity (Wildman–Crippen MR) is 45.0 cm³/mol. The summed E-state index contributed by atoms with van der Waals surface area (Å²) in [5.41, 5.74) is 6.32. The molecule has 1 aliphatic rings. The zero-order valence-electron chi connectivity index (χ0n) is 4.32. The van der Waals surface area contributed by atoms with E-state index in [1.54, 1.807) is 6.08 Å². The van der Waals surface area contributed by atoms with E-state index in [9.17, 15) is 0 Å². The zero-order chi connectivity index (χ0) is 5.82. The standard InChI is InChI=1S/C6H6IN/c8-6-3-1-2-4-7-5-6/h3,5H,4,8H2. The largest absolute Gasteiger partial charge is 0.398 e. The first-order valence-electron chi connectivity index (χ1n) is 2.24. The van der Waals surface area contributed by atoms with Gasteiger partial charge in [0.1, 0.15) is 0 Å². The molecule has 0 saturated carbocycles. The monoisotopic (exact) mass is 219 g/mol. The van der Waals surface area contributed by atoms with E-state index in [4.69, 9.17) is 5.73 Å². The molecule has 0 aromatic heterocycles. The van der Waals surface area contributed by atoms with Crippen LogP contribution in [0.15, 0.2) is 11.8 Å². The minimum absolute atomic E-state index is 0.155. The molecule has 0 spiro atoms. The second-order valence-corrected chi connectivity index (χ2v) is 3.63. The van der Waals surface area contributed by atoms with Crippen LogP contribution >= 0.6 is 20.7 Å². The molecule has 0 saturated heterocycles. The van der Waals surface area contributed by atoms with Crippen molar-refractivity contribution < 1.29 is 0 Å². The van der Waals surface area contributed by atoms with E-state index >= 15 is 0 Å². The van der Waals surface area contributed by atoms with Crippen LogP contribution in [0.25, 0.3) is 0 Å². The molecule has 2 N–H and O–H groups in total. The van der Waals surface area contributed by atoms with Crippen molar-refractivity contribution in [3.63, 3.8) is 0 Å². The van der Waals surface area contributed by atoms with E-state index < -0.39 is 0 Å². The second kappa shape index (κ2) is 2.88. The van der Waals surface area contributed by atoms with Gasteiger partial charge in [-0.05, 0) is 4.01 Å². The van der Waals surface area contributed by atoms with Gasteiger partial charge in [-0.15, -0.1) is 20.7 Å². The Morgan fingerprint density at radius 1 is 1.75 bits per heavy atom. The lowest BCUT2D eigenvalue weighted by Crippen LogP contribution is -1.94. The van der Waals surface area contributed by atoms with Gasteiger partial charge in [0.25, 0.3) is 0 Å². The molecule has 1 rings (SSSR count). The molecule has 0 aliphatic carbocycles. The van der Waals surface area contributed by atoms with Crippen molar-refractivity contribution in [1.29, 1.82) is 0 Å². The highest BCUT2D eigenvalue weighted by Crippen LogP contribution is 1.97. The van der Waals surface area contributed by atoms with Crippen LogP contribution in [-0.4, -0.2) is 8.44 Å². The lowest BCUT2D eigenvalue weighted by atomic mass is 10.4. The highest BCUT2D eigenvalue weighted by atomic mass is 127. The van der Waals surface area contributed by atoms with Gasteiger partial charge in [-0.3, -0.25) is 0 Å². The van der Waals surface area contributed by atoms with Gasteiger partial charge in [0, 0.05) is 11.8 Å². The van der Waals surface area contributed by atoms with E-state index in [2.05, 4.69) is 15.9 Å². The molecule has 1 aliphatic heterocycles. The summed E-state index contributed by atoms with van der Waals surface area (Å²) in [6, 6.07) is 0. The SMILES string of the molecule is NC1=CC#CCI=C1. The number of nitrogens with two attached hydrogens (primary N) is 1. The molecular formula is C6H6IN. The van der Waals surface area contributed by atoms with Crippen molar-refractivity contribution in [2.24, 2.45) is 5.73 Å². The molecule has 0 unspecified atom stereocenters. The van der Waals surface area contributed by atoms with E-state index in [-0.39, 0.29) is 20.7 Å². The Kier molecular flexibility index (Phi) is 2.10. The zero-order valence-corrected chi connectivity index (χ0v) is 6.47. The number of halogens is 1. The van der Waals surface area contributed by atoms with Crippen LogP contribution in [0.5, 0.6) is 0 Å². The Labute approximate surface area is 58.7 Å². The molecule has 0 atom stereocenters. The van der Waals surface area contributed by atoms with Gasteiger partial charge in [0.05, 0.1) is 4.43 Å². The van der Waals surface area contributed by atoms with Crippen molar-refractivity contribution in [2.75, 3.05) is 4.43 Å². The number of hydrogen-bond donors (Lipinski definition) is 1. The van der Waals surface area contributed by atoms with Crippen LogP contribution in [-0.2, 0) is 0 Å². The van der Waals surface area contributed by atoms with Crippen LogP contribution in [0.1, 0.15) is 0 Å². The molecule has 0 amide bonds. The quantitative estimate of drug-likeness (QED) is 0.360. The highest BCUT2D eigenvalue weighted by molar-refractivity contribution is 14.2. The molecule has 42 valence electrons. The average molecular weight is 219 g/mol. The number of hydrogen-bond acceptors (Lipinski definition) is 1. The Hall–Kier alpha value is -0.300. The van der Waals surface area contributed by atoms with Gasteiger partial charge in [-0.2, -0.15) is 0 Å². The molecular weight excluding hydrogens is 213 g/mol. The van der Waals surface area contributed by atoms with Gasteiger partial charge >= 0.3 is 0 Å². The Morgan fingerprint density at radius 3 is 3.50 bits per heavy atom. The predicted octanol–water partition coefficient (Wildman–Crippen LogP) is 0.619. The van der Waals surface area contributed by atoms with Crippen LogP contribution in [0, 0.1) is 11.8 Å². The lowest BCUT2D eigenvalue weighted by molar-refractivity contribution is 1.53. The summed E-state index contributed by atoms with van der Waals surface area (Å²) in [6.07, 6.45) is 1.77. The van der Waals surface area contributed by atoms with E-state index in [0.29, 0.717) is 0 Å². The first-order chi connectivity index (χ1) is 3.89. The molecule has 0 aromatic carbocycles. The van der Waals surface area contributed by atoms with Gasteiger partial charge in [-0.1, -0.05) is 11.8 Å². The maximum Gasteiger partial charge on any atom is 0.0566 e.